The first-order valence-corrected chi connectivity index (χ1v) is 8.96. The van der Waals surface area contributed by atoms with Crippen molar-refractivity contribution in [3.8, 4) is 0 Å². The second-order valence-electron chi connectivity index (χ2n) is 5.13. The molecule has 0 fully saturated rings. The predicted molar refractivity (Wildman–Crippen MR) is 90.5 cm³/mol. The van der Waals surface area contributed by atoms with Gasteiger partial charge in [-0.05, 0) is 42.8 Å². The monoisotopic (exact) mass is 363 g/mol. The third-order valence-electron chi connectivity index (χ3n) is 3.30. The smallest absolute Gasteiger partial charge is 0.261 e. The average molecular weight is 364 g/mol. The van der Waals surface area contributed by atoms with E-state index in [1.54, 1.807) is 25.1 Å². The summed E-state index contributed by atoms with van der Waals surface area (Å²) in [5, 5.41) is 4.21. The van der Waals surface area contributed by atoms with Crippen molar-refractivity contribution in [3.63, 3.8) is 0 Å². The van der Waals surface area contributed by atoms with E-state index in [1.165, 1.54) is 24.3 Å². The van der Waals surface area contributed by atoms with Crippen LogP contribution < -0.4 is 4.72 Å². The molecule has 0 saturated heterocycles. The molecule has 0 aliphatic rings. The molecular formula is C16H14ClN3O3S. The Labute approximate surface area is 144 Å². The van der Waals surface area contributed by atoms with Gasteiger partial charge in [-0.25, -0.2) is 8.42 Å². The number of sulfonamides is 1. The van der Waals surface area contributed by atoms with E-state index in [9.17, 15) is 8.42 Å². The standard InChI is InChI=1S/C16H14ClN3O3S/c1-11-18-16(23-19-11)10-12-4-2-3-5-15(12)20-24(21,22)14-8-6-13(17)7-9-14/h2-9,20H,10H2,1H3. The summed E-state index contributed by atoms with van der Waals surface area (Å²) in [7, 11) is -3.71. The second-order valence-corrected chi connectivity index (χ2v) is 7.25. The first kappa shape index (κ1) is 16.5. The average Bonchev–Trinajstić information content (AvgIpc) is 2.94. The molecular weight excluding hydrogens is 350 g/mol. The largest absolute Gasteiger partial charge is 0.339 e. The third kappa shape index (κ3) is 3.74. The lowest BCUT2D eigenvalue weighted by molar-refractivity contribution is 0.381. The van der Waals surface area contributed by atoms with Gasteiger partial charge in [0.1, 0.15) is 0 Å². The van der Waals surface area contributed by atoms with Gasteiger partial charge in [-0.1, -0.05) is 35.0 Å². The lowest BCUT2D eigenvalue weighted by Gasteiger charge is -2.11. The number of halogens is 1. The number of hydrogen-bond donors (Lipinski definition) is 1. The van der Waals surface area contributed by atoms with Gasteiger partial charge >= 0.3 is 0 Å². The fourth-order valence-corrected chi connectivity index (χ4v) is 3.39. The molecule has 1 aromatic heterocycles. The predicted octanol–water partition coefficient (Wildman–Crippen LogP) is 3.42. The summed E-state index contributed by atoms with van der Waals surface area (Å²) >= 11 is 5.80. The molecule has 0 amide bonds. The molecule has 2 aromatic carbocycles. The molecule has 0 saturated carbocycles. The first-order chi connectivity index (χ1) is 11.4. The van der Waals surface area contributed by atoms with Crippen molar-refractivity contribution >= 4 is 27.3 Å². The van der Waals surface area contributed by atoms with Crippen LogP contribution in [-0.2, 0) is 16.4 Å². The zero-order valence-corrected chi connectivity index (χ0v) is 14.3. The van der Waals surface area contributed by atoms with E-state index in [2.05, 4.69) is 14.9 Å². The van der Waals surface area contributed by atoms with Gasteiger partial charge in [0.15, 0.2) is 5.82 Å². The molecule has 1 heterocycles. The van der Waals surface area contributed by atoms with Crippen molar-refractivity contribution in [2.24, 2.45) is 0 Å². The maximum Gasteiger partial charge on any atom is 0.261 e. The van der Waals surface area contributed by atoms with Crippen LogP contribution in [0.4, 0.5) is 5.69 Å². The molecule has 1 N–H and O–H groups in total. The van der Waals surface area contributed by atoms with Crippen molar-refractivity contribution in [3.05, 3.63) is 70.8 Å². The van der Waals surface area contributed by atoms with Gasteiger partial charge in [0, 0.05) is 5.02 Å². The summed E-state index contributed by atoms with van der Waals surface area (Å²) in [6.45, 7) is 1.72. The van der Waals surface area contributed by atoms with Crippen molar-refractivity contribution < 1.29 is 12.9 Å². The molecule has 124 valence electrons. The fourth-order valence-electron chi connectivity index (χ4n) is 2.17. The molecule has 24 heavy (non-hydrogen) atoms. The number of nitrogens with zero attached hydrogens (tertiary/aromatic N) is 2. The second kappa shape index (κ2) is 6.62. The van der Waals surface area contributed by atoms with Crippen LogP contribution in [0, 0.1) is 6.92 Å². The maximum absolute atomic E-state index is 12.5. The van der Waals surface area contributed by atoms with E-state index >= 15 is 0 Å². The molecule has 0 spiro atoms. The van der Waals surface area contributed by atoms with E-state index in [0.717, 1.165) is 5.56 Å². The van der Waals surface area contributed by atoms with Crippen LogP contribution in [0.2, 0.25) is 5.02 Å². The number of para-hydroxylation sites is 1. The highest BCUT2D eigenvalue weighted by Crippen LogP contribution is 2.23. The number of anilines is 1. The van der Waals surface area contributed by atoms with Crippen LogP contribution >= 0.6 is 11.6 Å². The molecule has 3 aromatic rings. The van der Waals surface area contributed by atoms with Crippen LogP contribution in [0.5, 0.6) is 0 Å². The molecule has 0 aliphatic carbocycles. The summed E-state index contributed by atoms with van der Waals surface area (Å²) < 4.78 is 32.7. The van der Waals surface area contributed by atoms with Crippen molar-refractivity contribution in [1.82, 2.24) is 10.1 Å². The van der Waals surface area contributed by atoms with Gasteiger partial charge in [0.25, 0.3) is 10.0 Å². The minimum Gasteiger partial charge on any atom is -0.339 e. The number of rotatable bonds is 5. The van der Waals surface area contributed by atoms with Crippen molar-refractivity contribution in [1.29, 1.82) is 0 Å². The molecule has 0 radical (unpaired) electrons. The van der Waals surface area contributed by atoms with Gasteiger partial charge in [-0.15, -0.1) is 0 Å². The van der Waals surface area contributed by atoms with E-state index in [4.69, 9.17) is 16.1 Å². The van der Waals surface area contributed by atoms with Crippen molar-refractivity contribution in [2.75, 3.05) is 4.72 Å². The summed E-state index contributed by atoms with van der Waals surface area (Å²) in [4.78, 5) is 4.28. The zero-order chi connectivity index (χ0) is 17.2. The topological polar surface area (TPSA) is 85.1 Å². The number of hydrogen-bond acceptors (Lipinski definition) is 5. The van der Waals surface area contributed by atoms with Crippen molar-refractivity contribution in [2.45, 2.75) is 18.2 Å². The van der Waals surface area contributed by atoms with Gasteiger partial charge in [-0.3, -0.25) is 4.72 Å². The normalized spacial score (nSPS) is 11.4. The Morgan fingerprint density at radius 1 is 1.12 bits per heavy atom. The lowest BCUT2D eigenvalue weighted by Crippen LogP contribution is -2.14. The summed E-state index contributed by atoms with van der Waals surface area (Å²) in [6, 6.07) is 13.0. The summed E-state index contributed by atoms with van der Waals surface area (Å²) in [5.41, 5.74) is 1.20. The Balaban J connectivity index is 1.88. The highest BCUT2D eigenvalue weighted by atomic mass is 35.5. The lowest BCUT2D eigenvalue weighted by atomic mass is 10.1. The van der Waals surface area contributed by atoms with Crippen LogP contribution in [0.1, 0.15) is 17.3 Å². The van der Waals surface area contributed by atoms with Crippen LogP contribution in [0.25, 0.3) is 0 Å². The minimum atomic E-state index is -3.71. The molecule has 6 nitrogen and oxygen atoms in total. The van der Waals surface area contributed by atoms with Gasteiger partial charge in [0.2, 0.25) is 5.89 Å². The van der Waals surface area contributed by atoms with Crippen LogP contribution in [-0.4, -0.2) is 18.6 Å². The Bertz CT molecular complexity index is 953. The fraction of sp³-hybridized carbons (Fsp3) is 0.125. The maximum atomic E-state index is 12.5. The van der Waals surface area contributed by atoms with E-state index in [1.807, 2.05) is 6.07 Å². The first-order valence-electron chi connectivity index (χ1n) is 7.09. The highest BCUT2D eigenvalue weighted by molar-refractivity contribution is 7.92. The SMILES string of the molecule is Cc1noc(Cc2ccccc2NS(=O)(=O)c2ccc(Cl)cc2)n1. The van der Waals surface area contributed by atoms with Gasteiger partial charge < -0.3 is 4.52 Å². The Morgan fingerprint density at radius 3 is 2.50 bits per heavy atom. The van der Waals surface area contributed by atoms with Gasteiger partial charge in [0.05, 0.1) is 17.0 Å². The van der Waals surface area contributed by atoms with E-state index in [-0.39, 0.29) is 4.90 Å². The molecule has 0 atom stereocenters. The zero-order valence-electron chi connectivity index (χ0n) is 12.7. The summed E-state index contributed by atoms with van der Waals surface area (Å²) in [6.07, 6.45) is 0.333. The highest BCUT2D eigenvalue weighted by Gasteiger charge is 2.17. The van der Waals surface area contributed by atoms with E-state index in [0.29, 0.717) is 28.8 Å². The molecule has 8 heteroatoms. The Kier molecular flexibility index (Phi) is 4.55. The van der Waals surface area contributed by atoms with Gasteiger partial charge in [-0.2, -0.15) is 4.98 Å². The molecule has 3 rings (SSSR count). The molecule has 0 bridgehead atoms. The van der Waals surface area contributed by atoms with E-state index < -0.39 is 10.0 Å². The molecule has 0 unspecified atom stereocenters. The molecule has 0 aliphatic heterocycles. The number of aromatic nitrogens is 2. The third-order valence-corrected chi connectivity index (χ3v) is 4.93. The van der Waals surface area contributed by atoms with Crippen LogP contribution in [0.3, 0.4) is 0 Å². The quantitative estimate of drug-likeness (QED) is 0.750. The number of aryl methyl sites for hydroxylation is 1. The number of nitrogens with one attached hydrogen (secondary N) is 1. The number of benzene rings is 2. The summed E-state index contributed by atoms with van der Waals surface area (Å²) in [5.74, 6) is 0.954. The Hall–Kier alpha value is -2.38. The minimum absolute atomic E-state index is 0.135. The van der Waals surface area contributed by atoms with Crippen LogP contribution in [0.15, 0.2) is 57.9 Å². The Morgan fingerprint density at radius 2 is 1.83 bits per heavy atom.